The van der Waals surface area contributed by atoms with Crippen molar-refractivity contribution in [3.63, 3.8) is 0 Å². The molecule has 1 fully saturated rings. The number of thioether (sulfide) groups is 1. The summed E-state index contributed by atoms with van der Waals surface area (Å²) in [4.78, 5) is 23.1. The van der Waals surface area contributed by atoms with Gasteiger partial charge < -0.3 is 15.4 Å². The minimum Gasteiger partial charge on any atom is -0.383 e. The van der Waals surface area contributed by atoms with Crippen LogP contribution >= 0.6 is 11.8 Å². The molecular formula is C10H18N2O3S. The number of carbonyl (C=O) groups is 2. The highest BCUT2D eigenvalue weighted by atomic mass is 32.2. The van der Waals surface area contributed by atoms with Gasteiger partial charge in [-0.05, 0) is 6.92 Å². The lowest BCUT2D eigenvalue weighted by Gasteiger charge is -2.18. The topological polar surface area (TPSA) is 67.4 Å². The molecule has 1 rings (SSSR count). The van der Waals surface area contributed by atoms with Crippen LogP contribution in [0.15, 0.2) is 0 Å². The molecule has 2 atom stereocenters. The van der Waals surface area contributed by atoms with Gasteiger partial charge in [-0.1, -0.05) is 0 Å². The highest BCUT2D eigenvalue weighted by molar-refractivity contribution is 7.99. The third kappa shape index (κ3) is 4.40. The van der Waals surface area contributed by atoms with Crippen molar-refractivity contribution in [1.82, 2.24) is 10.6 Å². The van der Waals surface area contributed by atoms with Crippen LogP contribution in [0.25, 0.3) is 0 Å². The fourth-order valence-corrected chi connectivity index (χ4v) is 2.42. The van der Waals surface area contributed by atoms with E-state index in [2.05, 4.69) is 10.6 Å². The van der Waals surface area contributed by atoms with Gasteiger partial charge in [0.25, 0.3) is 0 Å². The Morgan fingerprint density at radius 3 is 3.19 bits per heavy atom. The Kier molecular flexibility index (Phi) is 5.62. The van der Waals surface area contributed by atoms with Gasteiger partial charge in [-0.3, -0.25) is 9.59 Å². The van der Waals surface area contributed by atoms with Crippen molar-refractivity contribution in [1.29, 1.82) is 0 Å². The molecule has 0 bridgehead atoms. The summed E-state index contributed by atoms with van der Waals surface area (Å²) in [6, 6.07) is -0.457. The summed E-state index contributed by atoms with van der Waals surface area (Å²) in [6.45, 7) is 2.34. The Hall–Kier alpha value is -0.750. The average Bonchev–Trinajstić information content (AvgIpc) is 2.43. The van der Waals surface area contributed by atoms with Crippen molar-refractivity contribution in [2.24, 2.45) is 0 Å². The Morgan fingerprint density at radius 1 is 1.75 bits per heavy atom. The molecule has 92 valence electrons. The predicted octanol–water partition coefficient (Wildman–Crippen LogP) is -0.241. The third-order valence-electron chi connectivity index (χ3n) is 2.22. The summed E-state index contributed by atoms with van der Waals surface area (Å²) in [5.74, 6) is 1.23. The monoisotopic (exact) mass is 246 g/mol. The fraction of sp³-hybridized carbons (Fsp3) is 0.800. The van der Waals surface area contributed by atoms with E-state index in [4.69, 9.17) is 4.74 Å². The van der Waals surface area contributed by atoms with Crippen LogP contribution in [0.5, 0.6) is 0 Å². The van der Waals surface area contributed by atoms with Gasteiger partial charge in [0.15, 0.2) is 0 Å². The predicted molar refractivity (Wildman–Crippen MR) is 63.4 cm³/mol. The van der Waals surface area contributed by atoms with E-state index in [1.54, 1.807) is 18.9 Å². The largest absolute Gasteiger partial charge is 0.383 e. The maximum Gasteiger partial charge on any atom is 0.243 e. The second kappa shape index (κ2) is 6.75. The van der Waals surface area contributed by atoms with Gasteiger partial charge in [-0.25, -0.2) is 0 Å². The number of ether oxygens (including phenoxy) is 1. The molecule has 16 heavy (non-hydrogen) atoms. The van der Waals surface area contributed by atoms with E-state index in [1.807, 2.05) is 6.92 Å². The van der Waals surface area contributed by atoms with Crippen LogP contribution in [0.2, 0.25) is 0 Å². The molecule has 2 amide bonds. The molecule has 0 radical (unpaired) electrons. The molecule has 0 spiro atoms. The van der Waals surface area contributed by atoms with Crippen molar-refractivity contribution in [3.05, 3.63) is 0 Å². The zero-order valence-electron chi connectivity index (χ0n) is 9.62. The van der Waals surface area contributed by atoms with Gasteiger partial charge >= 0.3 is 0 Å². The molecule has 0 aromatic rings. The van der Waals surface area contributed by atoms with Crippen molar-refractivity contribution < 1.29 is 14.3 Å². The molecule has 0 aliphatic carbocycles. The van der Waals surface area contributed by atoms with Crippen LogP contribution < -0.4 is 10.6 Å². The van der Waals surface area contributed by atoms with E-state index in [1.165, 1.54) is 0 Å². The number of carbonyl (C=O) groups excluding carboxylic acids is 2. The lowest BCUT2D eigenvalue weighted by Crippen LogP contribution is -2.50. The van der Waals surface area contributed by atoms with Gasteiger partial charge in [0, 0.05) is 31.1 Å². The van der Waals surface area contributed by atoms with E-state index < -0.39 is 6.04 Å². The first-order valence-electron chi connectivity index (χ1n) is 5.30. The molecule has 1 heterocycles. The maximum atomic E-state index is 11.8. The fourth-order valence-electron chi connectivity index (χ4n) is 1.45. The maximum absolute atomic E-state index is 11.8. The Morgan fingerprint density at radius 2 is 2.50 bits per heavy atom. The van der Waals surface area contributed by atoms with E-state index in [-0.39, 0.29) is 17.9 Å². The molecule has 1 aliphatic heterocycles. The quantitative estimate of drug-likeness (QED) is 0.718. The summed E-state index contributed by atoms with van der Waals surface area (Å²) in [6.07, 6.45) is 0.488. The first kappa shape index (κ1) is 13.3. The lowest BCUT2D eigenvalue weighted by atomic mass is 10.2. The smallest absolute Gasteiger partial charge is 0.243 e. The molecule has 2 N–H and O–H groups in total. The van der Waals surface area contributed by atoms with Crippen LogP contribution in [0.3, 0.4) is 0 Å². The minimum atomic E-state index is -0.417. The summed E-state index contributed by atoms with van der Waals surface area (Å²) >= 11 is 1.62. The van der Waals surface area contributed by atoms with Crippen molar-refractivity contribution in [2.45, 2.75) is 25.4 Å². The lowest BCUT2D eigenvalue weighted by molar-refractivity contribution is -0.128. The number of amides is 2. The van der Waals surface area contributed by atoms with Gasteiger partial charge in [-0.2, -0.15) is 11.8 Å². The van der Waals surface area contributed by atoms with E-state index >= 15 is 0 Å². The van der Waals surface area contributed by atoms with Crippen LogP contribution in [-0.2, 0) is 14.3 Å². The summed E-state index contributed by atoms with van der Waals surface area (Å²) in [7, 11) is 1.59. The van der Waals surface area contributed by atoms with Crippen molar-refractivity contribution in [3.8, 4) is 0 Å². The zero-order valence-corrected chi connectivity index (χ0v) is 10.4. The van der Waals surface area contributed by atoms with Gasteiger partial charge in [-0.15, -0.1) is 0 Å². The van der Waals surface area contributed by atoms with Crippen LogP contribution in [0, 0.1) is 0 Å². The van der Waals surface area contributed by atoms with Crippen molar-refractivity contribution >= 4 is 23.6 Å². The third-order valence-corrected chi connectivity index (χ3v) is 3.28. The molecular weight excluding hydrogens is 228 g/mol. The highest BCUT2D eigenvalue weighted by Crippen LogP contribution is 2.09. The van der Waals surface area contributed by atoms with E-state index in [9.17, 15) is 9.59 Å². The second-order valence-corrected chi connectivity index (χ2v) is 4.96. The number of methoxy groups -OCH3 is 1. The molecule has 1 saturated heterocycles. The molecule has 0 unspecified atom stereocenters. The number of hydrogen-bond acceptors (Lipinski definition) is 4. The Bertz CT molecular complexity index is 260. The Labute approximate surface area is 99.7 Å². The molecule has 1 aliphatic rings. The summed E-state index contributed by atoms with van der Waals surface area (Å²) in [5.41, 5.74) is 0. The summed E-state index contributed by atoms with van der Waals surface area (Å²) in [5, 5.41) is 5.52. The first-order chi connectivity index (χ1) is 7.63. The summed E-state index contributed by atoms with van der Waals surface area (Å²) < 4.78 is 4.93. The van der Waals surface area contributed by atoms with Crippen LogP contribution in [0.4, 0.5) is 0 Å². The van der Waals surface area contributed by atoms with E-state index in [0.717, 1.165) is 5.75 Å². The first-order valence-corrected chi connectivity index (χ1v) is 6.45. The average molecular weight is 246 g/mol. The SMILES string of the molecule is COC[C@H](C)NC(=O)[C@H]1CSCCC(=O)N1. The van der Waals surface area contributed by atoms with Crippen molar-refractivity contribution in [2.75, 3.05) is 25.2 Å². The number of hydrogen-bond donors (Lipinski definition) is 2. The number of nitrogens with one attached hydrogen (secondary N) is 2. The molecule has 6 heteroatoms. The molecule has 5 nitrogen and oxygen atoms in total. The zero-order chi connectivity index (χ0) is 12.0. The highest BCUT2D eigenvalue weighted by Gasteiger charge is 2.24. The Balaban J connectivity index is 2.42. The standard InChI is InChI=1S/C10H18N2O3S/c1-7(5-15-2)11-10(14)8-6-16-4-3-9(13)12-8/h7-8H,3-6H2,1-2H3,(H,11,14)(H,12,13)/t7-,8+/m0/s1. The number of rotatable bonds is 4. The molecule has 0 aromatic carbocycles. The van der Waals surface area contributed by atoms with Crippen LogP contribution in [-0.4, -0.2) is 49.1 Å². The van der Waals surface area contributed by atoms with Gasteiger partial charge in [0.2, 0.25) is 11.8 Å². The van der Waals surface area contributed by atoms with Crippen LogP contribution in [0.1, 0.15) is 13.3 Å². The normalized spacial score (nSPS) is 23.1. The second-order valence-electron chi connectivity index (χ2n) is 3.81. The van der Waals surface area contributed by atoms with Gasteiger partial charge in [0.1, 0.15) is 6.04 Å². The molecule has 0 saturated carbocycles. The minimum absolute atomic E-state index is 0.0392. The van der Waals surface area contributed by atoms with Gasteiger partial charge in [0.05, 0.1) is 6.61 Å². The molecule has 0 aromatic heterocycles. The van der Waals surface area contributed by atoms with E-state index in [0.29, 0.717) is 18.8 Å².